The van der Waals surface area contributed by atoms with Gasteiger partial charge in [0, 0.05) is 11.1 Å². The molecule has 0 radical (unpaired) electrons. The maximum Gasteiger partial charge on any atom is 0.123 e. The van der Waals surface area contributed by atoms with Gasteiger partial charge in [-0.25, -0.2) is 4.39 Å². The molecule has 0 bridgehead atoms. The van der Waals surface area contributed by atoms with Crippen molar-refractivity contribution in [2.45, 2.75) is 20.0 Å². The van der Waals surface area contributed by atoms with Gasteiger partial charge in [0.2, 0.25) is 0 Å². The van der Waals surface area contributed by atoms with Crippen LogP contribution in [0.25, 0.3) is 10.9 Å². The molecule has 106 valence electrons. The fourth-order valence-electron chi connectivity index (χ4n) is 2.67. The van der Waals surface area contributed by atoms with E-state index >= 15 is 0 Å². The highest BCUT2D eigenvalue weighted by molar-refractivity contribution is 5.83. The van der Waals surface area contributed by atoms with Gasteiger partial charge in [0.05, 0.1) is 5.52 Å². The Balaban J connectivity index is 2.19. The number of aromatic nitrogens is 1. The lowest BCUT2D eigenvalue weighted by Gasteiger charge is -2.15. The van der Waals surface area contributed by atoms with E-state index in [9.17, 15) is 9.50 Å². The number of pyridine rings is 1. The SMILES string of the molecule is Cc1cc(F)cc(C(O)c2cc(C)nc3ccccc23)c1. The van der Waals surface area contributed by atoms with Crippen molar-refractivity contribution in [1.29, 1.82) is 0 Å². The van der Waals surface area contributed by atoms with Crippen LogP contribution in [0, 0.1) is 19.7 Å². The molecular formula is C18H16FNO. The van der Waals surface area contributed by atoms with E-state index in [1.165, 1.54) is 12.1 Å². The summed E-state index contributed by atoms with van der Waals surface area (Å²) in [7, 11) is 0. The highest BCUT2D eigenvalue weighted by Crippen LogP contribution is 2.29. The van der Waals surface area contributed by atoms with Gasteiger partial charge in [-0.05, 0) is 54.8 Å². The van der Waals surface area contributed by atoms with Crippen molar-refractivity contribution in [2.75, 3.05) is 0 Å². The van der Waals surface area contributed by atoms with Crippen molar-refractivity contribution in [3.8, 4) is 0 Å². The Kier molecular flexibility index (Phi) is 3.43. The number of hydrogen-bond donors (Lipinski definition) is 1. The quantitative estimate of drug-likeness (QED) is 0.768. The largest absolute Gasteiger partial charge is 0.384 e. The Bertz CT molecular complexity index is 793. The third kappa shape index (κ3) is 2.65. The van der Waals surface area contributed by atoms with Crippen LogP contribution in [0.2, 0.25) is 0 Å². The highest BCUT2D eigenvalue weighted by atomic mass is 19.1. The molecule has 2 aromatic carbocycles. The molecule has 0 aliphatic heterocycles. The minimum Gasteiger partial charge on any atom is -0.384 e. The van der Waals surface area contributed by atoms with E-state index in [4.69, 9.17) is 0 Å². The molecule has 3 rings (SSSR count). The molecule has 1 atom stereocenters. The predicted octanol–water partition coefficient (Wildman–Crippen LogP) is 4.07. The van der Waals surface area contributed by atoms with Crippen LogP contribution < -0.4 is 0 Å². The molecule has 1 N–H and O–H groups in total. The second-order valence-electron chi connectivity index (χ2n) is 5.33. The van der Waals surface area contributed by atoms with Crippen molar-refractivity contribution in [1.82, 2.24) is 4.98 Å². The zero-order chi connectivity index (χ0) is 15.0. The minimum atomic E-state index is -0.869. The third-order valence-electron chi connectivity index (χ3n) is 3.55. The first kappa shape index (κ1) is 13.7. The first-order valence-electron chi connectivity index (χ1n) is 6.86. The number of aliphatic hydroxyl groups excluding tert-OH is 1. The number of fused-ring (bicyclic) bond motifs is 1. The summed E-state index contributed by atoms with van der Waals surface area (Å²) in [4.78, 5) is 4.46. The van der Waals surface area contributed by atoms with Gasteiger partial charge < -0.3 is 5.11 Å². The van der Waals surface area contributed by atoms with Crippen molar-refractivity contribution < 1.29 is 9.50 Å². The first-order chi connectivity index (χ1) is 10.0. The van der Waals surface area contributed by atoms with Crippen molar-refractivity contribution >= 4 is 10.9 Å². The maximum atomic E-state index is 13.6. The van der Waals surface area contributed by atoms with E-state index in [2.05, 4.69) is 4.98 Å². The van der Waals surface area contributed by atoms with E-state index in [0.717, 1.165) is 27.7 Å². The molecule has 0 saturated heterocycles. The Morgan fingerprint density at radius 2 is 1.81 bits per heavy atom. The first-order valence-corrected chi connectivity index (χ1v) is 6.86. The van der Waals surface area contributed by atoms with Crippen molar-refractivity contribution in [2.24, 2.45) is 0 Å². The zero-order valence-corrected chi connectivity index (χ0v) is 12.0. The standard InChI is InChI=1S/C18H16FNO/c1-11-7-13(10-14(19)8-11)18(21)16-9-12(2)20-17-6-4-3-5-15(16)17/h3-10,18,21H,1-2H3. The van der Waals surface area contributed by atoms with Gasteiger partial charge in [0.15, 0.2) is 0 Å². The summed E-state index contributed by atoms with van der Waals surface area (Å²) in [5.74, 6) is -0.334. The predicted molar refractivity (Wildman–Crippen MR) is 81.7 cm³/mol. The third-order valence-corrected chi connectivity index (χ3v) is 3.55. The van der Waals surface area contributed by atoms with Crippen LogP contribution in [0.15, 0.2) is 48.5 Å². The number of para-hydroxylation sites is 1. The lowest BCUT2D eigenvalue weighted by atomic mass is 9.96. The van der Waals surface area contributed by atoms with Crippen LogP contribution in [0.5, 0.6) is 0 Å². The second-order valence-corrected chi connectivity index (χ2v) is 5.33. The second kappa shape index (κ2) is 5.26. The van der Waals surface area contributed by atoms with Crippen molar-refractivity contribution in [3.05, 3.63) is 76.7 Å². The number of benzene rings is 2. The summed E-state index contributed by atoms with van der Waals surface area (Å²) in [6, 6.07) is 14.1. The Labute approximate surface area is 122 Å². The van der Waals surface area contributed by atoms with Gasteiger partial charge in [-0.15, -0.1) is 0 Å². The molecule has 0 saturated carbocycles. The molecular weight excluding hydrogens is 265 g/mol. The normalized spacial score (nSPS) is 12.6. The number of aliphatic hydroxyl groups is 1. The molecule has 1 unspecified atom stereocenters. The molecule has 21 heavy (non-hydrogen) atoms. The average Bonchev–Trinajstić information content (AvgIpc) is 2.44. The van der Waals surface area contributed by atoms with E-state index in [1.807, 2.05) is 44.2 Å². The molecule has 0 amide bonds. The fourth-order valence-corrected chi connectivity index (χ4v) is 2.67. The molecule has 1 aromatic heterocycles. The number of halogens is 1. The molecule has 0 aliphatic carbocycles. The number of rotatable bonds is 2. The van der Waals surface area contributed by atoms with Gasteiger partial charge in [-0.1, -0.05) is 24.3 Å². The fraction of sp³-hybridized carbons (Fsp3) is 0.167. The lowest BCUT2D eigenvalue weighted by Crippen LogP contribution is -2.03. The highest BCUT2D eigenvalue weighted by Gasteiger charge is 2.16. The van der Waals surface area contributed by atoms with Gasteiger partial charge >= 0.3 is 0 Å². The number of nitrogens with zero attached hydrogens (tertiary/aromatic N) is 1. The van der Waals surface area contributed by atoms with Gasteiger partial charge in [0.1, 0.15) is 11.9 Å². The lowest BCUT2D eigenvalue weighted by molar-refractivity contribution is 0.221. The van der Waals surface area contributed by atoms with Crippen LogP contribution in [0.1, 0.15) is 28.5 Å². The van der Waals surface area contributed by atoms with Gasteiger partial charge in [-0.2, -0.15) is 0 Å². The van der Waals surface area contributed by atoms with Crippen LogP contribution in [0.3, 0.4) is 0 Å². The maximum absolute atomic E-state index is 13.6. The number of hydrogen-bond acceptors (Lipinski definition) is 2. The molecule has 0 aliphatic rings. The summed E-state index contributed by atoms with van der Waals surface area (Å²) >= 11 is 0. The van der Waals surface area contributed by atoms with Gasteiger partial charge in [-0.3, -0.25) is 4.98 Å². The zero-order valence-electron chi connectivity index (χ0n) is 12.0. The topological polar surface area (TPSA) is 33.1 Å². The molecule has 2 nitrogen and oxygen atoms in total. The van der Waals surface area contributed by atoms with E-state index < -0.39 is 6.10 Å². The summed E-state index contributed by atoms with van der Waals surface area (Å²) < 4.78 is 13.6. The molecule has 0 fully saturated rings. The van der Waals surface area contributed by atoms with Crippen LogP contribution in [-0.2, 0) is 0 Å². The smallest absolute Gasteiger partial charge is 0.123 e. The Hall–Kier alpha value is -2.26. The minimum absolute atomic E-state index is 0.334. The van der Waals surface area contributed by atoms with Crippen LogP contribution in [-0.4, -0.2) is 10.1 Å². The summed E-state index contributed by atoms with van der Waals surface area (Å²) in [5, 5.41) is 11.6. The summed E-state index contributed by atoms with van der Waals surface area (Å²) in [6.07, 6.45) is -0.869. The Morgan fingerprint density at radius 3 is 2.57 bits per heavy atom. The van der Waals surface area contributed by atoms with Crippen molar-refractivity contribution in [3.63, 3.8) is 0 Å². The summed E-state index contributed by atoms with van der Waals surface area (Å²) in [5.41, 5.74) is 3.76. The van der Waals surface area contributed by atoms with E-state index in [-0.39, 0.29) is 5.82 Å². The number of aryl methyl sites for hydroxylation is 2. The Morgan fingerprint density at radius 1 is 1.05 bits per heavy atom. The molecule has 0 spiro atoms. The monoisotopic (exact) mass is 281 g/mol. The van der Waals surface area contributed by atoms with Crippen LogP contribution >= 0.6 is 0 Å². The molecule has 3 heteroatoms. The average molecular weight is 281 g/mol. The van der Waals surface area contributed by atoms with E-state index in [1.54, 1.807) is 6.07 Å². The van der Waals surface area contributed by atoms with Crippen LogP contribution in [0.4, 0.5) is 4.39 Å². The van der Waals surface area contributed by atoms with E-state index in [0.29, 0.717) is 5.56 Å². The molecule has 3 aromatic rings. The molecule has 1 heterocycles. The summed E-state index contributed by atoms with van der Waals surface area (Å²) in [6.45, 7) is 3.70. The van der Waals surface area contributed by atoms with Gasteiger partial charge in [0.25, 0.3) is 0 Å².